The molecule has 0 saturated carbocycles. The maximum atomic E-state index is 12.0. The Morgan fingerprint density at radius 1 is 0.958 bits per heavy atom. The van der Waals surface area contributed by atoms with Gasteiger partial charge in [-0.25, -0.2) is 4.79 Å². The molecule has 2 aromatic rings. The summed E-state index contributed by atoms with van der Waals surface area (Å²) in [6, 6.07) is 13.3. The van der Waals surface area contributed by atoms with Crippen molar-refractivity contribution < 1.29 is 9.59 Å². The van der Waals surface area contributed by atoms with E-state index < -0.39 is 0 Å². The highest BCUT2D eigenvalue weighted by Gasteiger charge is 2.09. The summed E-state index contributed by atoms with van der Waals surface area (Å²) in [5, 5.41) is 8.91. The number of hydrogen-bond donors (Lipinski definition) is 3. The molecule has 0 aromatic heterocycles. The Labute approximate surface area is 146 Å². The molecule has 5 nitrogen and oxygen atoms in total. The van der Waals surface area contributed by atoms with E-state index >= 15 is 0 Å². The second-order valence-corrected chi connectivity index (χ2v) is 5.88. The zero-order chi connectivity index (χ0) is 17.5. The van der Waals surface area contributed by atoms with Crippen LogP contribution in [0.4, 0.5) is 16.2 Å². The predicted octanol–water partition coefficient (Wildman–Crippen LogP) is 4.51. The number of carbonyl (C=O) groups excluding carboxylic acids is 2. The summed E-state index contributed by atoms with van der Waals surface area (Å²) in [4.78, 5) is 23.9. The molecule has 0 fully saturated rings. The van der Waals surface area contributed by atoms with Gasteiger partial charge in [0.2, 0.25) is 0 Å². The maximum absolute atomic E-state index is 12.0. The Morgan fingerprint density at radius 2 is 1.46 bits per heavy atom. The lowest BCUT2D eigenvalue weighted by Crippen LogP contribution is -2.31. The van der Waals surface area contributed by atoms with E-state index in [2.05, 4.69) is 16.0 Å². The summed E-state index contributed by atoms with van der Waals surface area (Å²) < 4.78 is 0. The highest BCUT2D eigenvalue weighted by atomic mass is 35.5. The van der Waals surface area contributed by atoms with Crippen LogP contribution >= 0.6 is 11.6 Å². The van der Waals surface area contributed by atoms with Crippen molar-refractivity contribution in [3.8, 4) is 0 Å². The Balaban J connectivity index is 1.92. The van der Waals surface area contributed by atoms with Gasteiger partial charge in [0.25, 0.3) is 5.91 Å². The summed E-state index contributed by atoms with van der Waals surface area (Å²) in [5.41, 5.74) is 1.79. The van der Waals surface area contributed by atoms with Gasteiger partial charge in [-0.1, -0.05) is 18.5 Å². The molecule has 1 atom stereocenters. The van der Waals surface area contributed by atoms with Crippen LogP contribution in [-0.2, 0) is 0 Å². The molecule has 1 unspecified atom stereocenters. The molecule has 6 heteroatoms. The molecule has 0 aliphatic rings. The highest BCUT2D eigenvalue weighted by molar-refractivity contribution is 6.30. The summed E-state index contributed by atoms with van der Waals surface area (Å²) in [6.45, 7) is 3.96. The molecule has 0 spiro atoms. The fourth-order valence-corrected chi connectivity index (χ4v) is 2.07. The molecule has 0 heterocycles. The van der Waals surface area contributed by atoms with Crippen LogP contribution in [0, 0.1) is 0 Å². The minimum atomic E-state index is -0.367. The lowest BCUT2D eigenvalue weighted by Gasteiger charge is -2.12. The molecule has 3 amide bonds. The van der Waals surface area contributed by atoms with E-state index in [9.17, 15) is 9.59 Å². The van der Waals surface area contributed by atoms with Crippen molar-refractivity contribution in [2.24, 2.45) is 0 Å². The molecule has 3 N–H and O–H groups in total. The zero-order valence-corrected chi connectivity index (χ0v) is 14.4. The molecule has 0 bridgehead atoms. The molecular formula is C18H20ClN3O2. The molecule has 0 radical (unpaired) electrons. The minimum Gasteiger partial charge on any atom is -0.350 e. The first-order chi connectivity index (χ1) is 11.5. The van der Waals surface area contributed by atoms with Crippen molar-refractivity contribution >= 4 is 34.9 Å². The normalized spacial score (nSPS) is 11.5. The zero-order valence-electron chi connectivity index (χ0n) is 13.6. The molecule has 126 valence electrons. The number of urea groups is 1. The number of amides is 3. The molecule has 2 rings (SSSR count). The number of carbonyl (C=O) groups is 2. The average molecular weight is 346 g/mol. The quantitative estimate of drug-likeness (QED) is 0.746. The second-order valence-electron chi connectivity index (χ2n) is 5.45. The minimum absolute atomic E-state index is 0.124. The molecule has 0 aliphatic carbocycles. The van der Waals surface area contributed by atoms with Gasteiger partial charge in [0.05, 0.1) is 0 Å². The van der Waals surface area contributed by atoms with Gasteiger partial charge in [0.15, 0.2) is 0 Å². The summed E-state index contributed by atoms with van der Waals surface area (Å²) in [6.07, 6.45) is 0.871. The first-order valence-electron chi connectivity index (χ1n) is 7.72. The number of benzene rings is 2. The number of anilines is 2. The van der Waals surface area contributed by atoms with Gasteiger partial charge < -0.3 is 16.0 Å². The highest BCUT2D eigenvalue weighted by Crippen LogP contribution is 2.14. The Hall–Kier alpha value is -2.53. The third-order valence-corrected chi connectivity index (χ3v) is 3.75. The summed E-state index contributed by atoms with van der Waals surface area (Å²) in [7, 11) is 0. The van der Waals surface area contributed by atoms with Gasteiger partial charge >= 0.3 is 6.03 Å². The van der Waals surface area contributed by atoms with Crippen LogP contribution in [0.25, 0.3) is 0 Å². The molecular weight excluding hydrogens is 326 g/mol. The third kappa shape index (κ3) is 5.28. The monoisotopic (exact) mass is 345 g/mol. The van der Waals surface area contributed by atoms with Crippen molar-refractivity contribution in [2.45, 2.75) is 26.3 Å². The largest absolute Gasteiger partial charge is 0.350 e. The van der Waals surface area contributed by atoms with E-state index in [0.29, 0.717) is 22.0 Å². The van der Waals surface area contributed by atoms with E-state index in [-0.39, 0.29) is 18.0 Å². The van der Waals surface area contributed by atoms with Gasteiger partial charge in [-0.05, 0) is 61.9 Å². The number of rotatable bonds is 5. The van der Waals surface area contributed by atoms with Crippen LogP contribution in [0.15, 0.2) is 48.5 Å². The van der Waals surface area contributed by atoms with Crippen molar-refractivity contribution in [1.82, 2.24) is 5.32 Å². The van der Waals surface area contributed by atoms with Gasteiger partial charge in [-0.2, -0.15) is 0 Å². The van der Waals surface area contributed by atoms with Crippen LogP contribution < -0.4 is 16.0 Å². The Kier molecular flexibility index (Phi) is 6.21. The van der Waals surface area contributed by atoms with Crippen molar-refractivity contribution in [2.75, 3.05) is 10.6 Å². The van der Waals surface area contributed by atoms with Gasteiger partial charge in [0.1, 0.15) is 0 Å². The Morgan fingerprint density at radius 3 is 1.96 bits per heavy atom. The number of nitrogens with one attached hydrogen (secondary N) is 3. The molecule has 0 saturated heterocycles. The number of hydrogen-bond acceptors (Lipinski definition) is 2. The molecule has 2 aromatic carbocycles. The van der Waals surface area contributed by atoms with Gasteiger partial charge in [0, 0.05) is 28.0 Å². The van der Waals surface area contributed by atoms with Gasteiger partial charge in [-0.15, -0.1) is 0 Å². The maximum Gasteiger partial charge on any atom is 0.323 e. The topological polar surface area (TPSA) is 70.2 Å². The van der Waals surface area contributed by atoms with E-state index in [1.807, 2.05) is 13.8 Å². The van der Waals surface area contributed by atoms with Crippen molar-refractivity contribution in [1.29, 1.82) is 0 Å². The van der Waals surface area contributed by atoms with E-state index in [1.54, 1.807) is 48.5 Å². The van der Waals surface area contributed by atoms with Gasteiger partial charge in [-0.3, -0.25) is 4.79 Å². The summed E-state index contributed by atoms with van der Waals surface area (Å²) in [5.74, 6) is -0.124. The average Bonchev–Trinajstić information content (AvgIpc) is 2.57. The van der Waals surface area contributed by atoms with Crippen LogP contribution in [0.2, 0.25) is 5.02 Å². The van der Waals surface area contributed by atoms with Crippen LogP contribution in [0.5, 0.6) is 0 Å². The fourth-order valence-electron chi connectivity index (χ4n) is 1.94. The SMILES string of the molecule is CCC(C)NC(=O)c1ccc(NC(=O)Nc2ccc(Cl)cc2)cc1. The van der Waals surface area contributed by atoms with Crippen LogP contribution in [0.1, 0.15) is 30.6 Å². The standard InChI is InChI=1S/C18H20ClN3O2/c1-3-12(2)20-17(23)13-4-8-15(9-5-13)21-18(24)22-16-10-6-14(19)7-11-16/h4-12H,3H2,1-2H3,(H,20,23)(H2,21,22,24). The van der Waals surface area contributed by atoms with Crippen molar-refractivity contribution in [3.05, 3.63) is 59.1 Å². The second kappa shape index (κ2) is 8.36. The van der Waals surface area contributed by atoms with Crippen LogP contribution in [0.3, 0.4) is 0 Å². The van der Waals surface area contributed by atoms with Crippen LogP contribution in [-0.4, -0.2) is 18.0 Å². The lowest BCUT2D eigenvalue weighted by atomic mass is 10.1. The van der Waals surface area contributed by atoms with E-state index in [1.165, 1.54) is 0 Å². The fraction of sp³-hybridized carbons (Fsp3) is 0.222. The van der Waals surface area contributed by atoms with E-state index in [4.69, 9.17) is 11.6 Å². The van der Waals surface area contributed by atoms with Crippen molar-refractivity contribution in [3.63, 3.8) is 0 Å². The Bertz CT molecular complexity index is 699. The predicted molar refractivity (Wildman–Crippen MR) is 97.8 cm³/mol. The smallest absolute Gasteiger partial charge is 0.323 e. The third-order valence-electron chi connectivity index (χ3n) is 3.50. The molecule has 0 aliphatic heterocycles. The van der Waals surface area contributed by atoms with E-state index in [0.717, 1.165) is 6.42 Å². The lowest BCUT2D eigenvalue weighted by molar-refractivity contribution is 0.0939. The number of halogens is 1. The molecule has 24 heavy (non-hydrogen) atoms. The first kappa shape index (κ1) is 17.8. The first-order valence-corrected chi connectivity index (χ1v) is 8.10. The summed E-state index contributed by atoms with van der Waals surface area (Å²) >= 11 is 5.80.